The smallest absolute Gasteiger partial charge is 0.254 e. The van der Waals surface area contributed by atoms with Crippen molar-refractivity contribution < 1.29 is 31.1 Å². The Kier molecular flexibility index (Phi) is 4.80. The van der Waals surface area contributed by atoms with E-state index in [0.717, 1.165) is 11.0 Å². The Morgan fingerprint density at radius 2 is 1.31 bits per heavy atom. The lowest BCUT2D eigenvalue weighted by Gasteiger charge is -2.36. The lowest BCUT2D eigenvalue weighted by Crippen LogP contribution is -2.49. The molecule has 0 aromatic heterocycles. The molecule has 0 bridgehead atoms. The average molecular weight is 374 g/mol. The van der Waals surface area contributed by atoms with Crippen molar-refractivity contribution in [1.29, 1.82) is 0 Å². The van der Waals surface area contributed by atoms with Gasteiger partial charge in [-0.3, -0.25) is 4.79 Å². The summed E-state index contributed by atoms with van der Waals surface area (Å²) < 4.78 is 80.7. The number of rotatable bonds is 2. The first-order valence-electron chi connectivity index (χ1n) is 7.62. The van der Waals surface area contributed by atoms with Crippen molar-refractivity contribution >= 4 is 11.6 Å². The van der Waals surface area contributed by atoms with Gasteiger partial charge in [0.1, 0.15) is 11.5 Å². The first kappa shape index (κ1) is 18.1. The molecular weight excluding hydrogens is 362 g/mol. The zero-order valence-corrected chi connectivity index (χ0v) is 13.2. The standard InChI is InChI=1S/C17H12F6N2O/c18-10-3-1-2-9(8-10)17(26)25-6-4-24(5-7-25)16-14(22)12(20)11(19)13(21)15(16)23/h1-3,8H,4-7H2. The lowest BCUT2D eigenvalue weighted by molar-refractivity contribution is 0.0746. The lowest BCUT2D eigenvalue weighted by atomic mass is 10.1. The Labute approximate surface area is 144 Å². The number of carbonyl (C=O) groups is 1. The van der Waals surface area contributed by atoms with Crippen LogP contribution < -0.4 is 4.90 Å². The first-order chi connectivity index (χ1) is 12.3. The summed E-state index contributed by atoms with van der Waals surface area (Å²) in [7, 11) is 0. The van der Waals surface area contributed by atoms with Gasteiger partial charge in [-0.2, -0.15) is 0 Å². The Morgan fingerprint density at radius 1 is 0.769 bits per heavy atom. The van der Waals surface area contributed by atoms with Crippen molar-refractivity contribution in [3.8, 4) is 0 Å². The fourth-order valence-electron chi connectivity index (χ4n) is 2.81. The third-order valence-corrected chi connectivity index (χ3v) is 4.14. The zero-order chi connectivity index (χ0) is 19.0. The molecule has 1 saturated heterocycles. The summed E-state index contributed by atoms with van der Waals surface area (Å²) in [5, 5.41) is 0. The predicted octanol–water partition coefficient (Wildman–Crippen LogP) is 3.48. The molecule has 1 fully saturated rings. The van der Waals surface area contributed by atoms with Gasteiger partial charge < -0.3 is 9.80 Å². The van der Waals surface area contributed by atoms with Gasteiger partial charge in [-0.25, -0.2) is 26.3 Å². The number of halogens is 6. The molecule has 1 aliphatic heterocycles. The van der Waals surface area contributed by atoms with E-state index in [2.05, 4.69) is 0 Å². The van der Waals surface area contributed by atoms with Gasteiger partial charge in [0.15, 0.2) is 23.3 Å². The largest absolute Gasteiger partial charge is 0.363 e. The molecule has 3 rings (SSSR count). The average Bonchev–Trinajstić information content (AvgIpc) is 2.65. The second-order valence-corrected chi connectivity index (χ2v) is 5.71. The van der Waals surface area contributed by atoms with Gasteiger partial charge in [0.05, 0.1) is 0 Å². The summed E-state index contributed by atoms with van der Waals surface area (Å²) in [4.78, 5) is 14.6. The van der Waals surface area contributed by atoms with Crippen molar-refractivity contribution in [2.24, 2.45) is 0 Å². The molecule has 0 atom stereocenters. The van der Waals surface area contributed by atoms with Gasteiger partial charge in [-0.1, -0.05) is 6.07 Å². The van der Waals surface area contributed by atoms with Crippen molar-refractivity contribution in [3.05, 3.63) is 64.7 Å². The van der Waals surface area contributed by atoms with Crippen LogP contribution in [-0.4, -0.2) is 37.0 Å². The van der Waals surface area contributed by atoms with Gasteiger partial charge in [0.25, 0.3) is 5.91 Å². The molecule has 2 aromatic carbocycles. The normalized spacial score (nSPS) is 14.7. The van der Waals surface area contributed by atoms with E-state index in [1.165, 1.54) is 23.1 Å². The molecule has 1 amide bonds. The number of nitrogens with zero attached hydrogens (tertiary/aromatic N) is 2. The van der Waals surface area contributed by atoms with Crippen LogP contribution in [0.4, 0.5) is 32.0 Å². The quantitative estimate of drug-likeness (QED) is 0.457. The van der Waals surface area contributed by atoms with E-state index in [-0.39, 0.29) is 31.7 Å². The third-order valence-electron chi connectivity index (χ3n) is 4.14. The van der Waals surface area contributed by atoms with Crippen LogP contribution in [0.5, 0.6) is 0 Å². The molecule has 0 spiro atoms. The predicted molar refractivity (Wildman–Crippen MR) is 80.7 cm³/mol. The Morgan fingerprint density at radius 3 is 1.85 bits per heavy atom. The summed E-state index contributed by atoms with van der Waals surface area (Å²) in [6.07, 6.45) is 0. The number of hydrogen-bond donors (Lipinski definition) is 0. The molecule has 0 N–H and O–H groups in total. The maximum atomic E-state index is 13.9. The van der Waals surface area contributed by atoms with Crippen LogP contribution in [-0.2, 0) is 0 Å². The maximum absolute atomic E-state index is 13.9. The molecule has 0 aliphatic carbocycles. The van der Waals surface area contributed by atoms with E-state index in [1.807, 2.05) is 0 Å². The maximum Gasteiger partial charge on any atom is 0.254 e. The van der Waals surface area contributed by atoms with E-state index in [9.17, 15) is 31.1 Å². The number of amides is 1. The molecule has 0 saturated carbocycles. The van der Waals surface area contributed by atoms with Crippen molar-refractivity contribution in [1.82, 2.24) is 4.90 Å². The molecule has 9 heteroatoms. The van der Waals surface area contributed by atoms with Gasteiger partial charge >= 0.3 is 0 Å². The van der Waals surface area contributed by atoms with Crippen molar-refractivity contribution in [2.75, 3.05) is 31.1 Å². The van der Waals surface area contributed by atoms with E-state index in [1.54, 1.807) is 0 Å². The molecule has 2 aromatic rings. The highest BCUT2D eigenvalue weighted by atomic mass is 19.2. The summed E-state index contributed by atoms with van der Waals surface area (Å²) in [5.41, 5.74) is -0.908. The van der Waals surface area contributed by atoms with Gasteiger partial charge in [-0.05, 0) is 18.2 Å². The number of hydrogen-bond acceptors (Lipinski definition) is 2. The van der Waals surface area contributed by atoms with Crippen LogP contribution in [0, 0.1) is 34.9 Å². The summed E-state index contributed by atoms with van der Waals surface area (Å²) in [5.74, 6) is -11.1. The molecule has 0 radical (unpaired) electrons. The Bertz CT molecular complexity index is 836. The molecular formula is C17H12F6N2O. The van der Waals surface area contributed by atoms with Crippen molar-refractivity contribution in [3.63, 3.8) is 0 Å². The molecule has 1 heterocycles. The van der Waals surface area contributed by atoms with Crippen LogP contribution in [0.25, 0.3) is 0 Å². The number of carbonyl (C=O) groups excluding carboxylic acids is 1. The molecule has 3 nitrogen and oxygen atoms in total. The molecule has 1 aliphatic rings. The fraction of sp³-hybridized carbons (Fsp3) is 0.235. The zero-order valence-electron chi connectivity index (χ0n) is 13.2. The monoisotopic (exact) mass is 374 g/mol. The highest BCUT2D eigenvalue weighted by Crippen LogP contribution is 2.31. The van der Waals surface area contributed by atoms with Crippen LogP contribution in [0.3, 0.4) is 0 Å². The summed E-state index contributed by atoms with van der Waals surface area (Å²) >= 11 is 0. The molecule has 0 unspecified atom stereocenters. The second-order valence-electron chi connectivity index (χ2n) is 5.71. The SMILES string of the molecule is O=C(c1cccc(F)c1)N1CCN(c2c(F)c(F)c(F)c(F)c2F)CC1. The van der Waals surface area contributed by atoms with E-state index >= 15 is 0 Å². The second kappa shape index (κ2) is 6.89. The molecule has 138 valence electrons. The van der Waals surface area contributed by atoms with E-state index in [4.69, 9.17) is 0 Å². The van der Waals surface area contributed by atoms with Crippen LogP contribution in [0.1, 0.15) is 10.4 Å². The summed E-state index contributed by atoms with van der Waals surface area (Å²) in [6.45, 7) is -0.317. The minimum atomic E-state index is -2.22. The van der Waals surface area contributed by atoms with E-state index in [0.29, 0.717) is 0 Å². The van der Waals surface area contributed by atoms with Crippen LogP contribution in [0.15, 0.2) is 24.3 Å². The Balaban J connectivity index is 1.78. The van der Waals surface area contributed by atoms with E-state index < -0.39 is 46.5 Å². The fourth-order valence-corrected chi connectivity index (χ4v) is 2.81. The summed E-state index contributed by atoms with van der Waals surface area (Å²) in [6, 6.07) is 5.02. The first-order valence-corrected chi connectivity index (χ1v) is 7.62. The number of anilines is 1. The van der Waals surface area contributed by atoms with Gasteiger partial charge in [0.2, 0.25) is 5.82 Å². The number of piperazine rings is 1. The highest BCUT2D eigenvalue weighted by Gasteiger charge is 2.31. The third kappa shape index (κ3) is 3.09. The van der Waals surface area contributed by atoms with Gasteiger partial charge in [-0.15, -0.1) is 0 Å². The topological polar surface area (TPSA) is 23.6 Å². The Hall–Kier alpha value is -2.71. The highest BCUT2D eigenvalue weighted by molar-refractivity contribution is 5.94. The van der Waals surface area contributed by atoms with Crippen LogP contribution in [0.2, 0.25) is 0 Å². The van der Waals surface area contributed by atoms with Crippen LogP contribution >= 0.6 is 0 Å². The van der Waals surface area contributed by atoms with Gasteiger partial charge in [0, 0.05) is 31.7 Å². The van der Waals surface area contributed by atoms with Crippen molar-refractivity contribution in [2.45, 2.75) is 0 Å². The number of benzene rings is 2. The minimum absolute atomic E-state index is 0.0190. The minimum Gasteiger partial charge on any atom is -0.363 e. The molecule has 26 heavy (non-hydrogen) atoms.